The number of hydrogen-bond donors (Lipinski definition) is 1. The fourth-order valence-electron chi connectivity index (χ4n) is 2.89. The zero-order valence-electron chi connectivity index (χ0n) is 15.3. The summed E-state index contributed by atoms with van der Waals surface area (Å²) in [5.74, 6) is 1.27. The van der Waals surface area contributed by atoms with Crippen LogP contribution < -0.4 is 14.8 Å². The molecule has 0 spiro atoms. The van der Waals surface area contributed by atoms with Gasteiger partial charge >= 0.3 is 0 Å². The van der Waals surface area contributed by atoms with Crippen molar-refractivity contribution in [1.29, 1.82) is 0 Å². The van der Waals surface area contributed by atoms with E-state index in [1.54, 1.807) is 33.6 Å². The number of methoxy groups -OCH3 is 2. The SMILES string of the molecule is CNC(=O)/C=C(\C)c1cc2c(-c3cccc(OC)c3)coc2cc1OC. The molecule has 134 valence electrons. The number of hydrogen-bond acceptors (Lipinski definition) is 4. The first kappa shape index (κ1) is 17.6. The third-order valence-corrected chi connectivity index (χ3v) is 4.30. The van der Waals surface area contributed by atoms with Crippen LogP contribution in [-0.2, 0) is 4.79 Å². The molecule has 5 heteroatoms. The maximum atomic E-state index is 11.7. The van der Waals surface area contributed by atoms with Gasteiger partial charge in [0.05, 0.1) is 20.5 Å². The minimum Gasteiger partial charge on any atom is -0.497 e. The number of amides is 1. The standard InChI is InChI=1S/C21H21NO4/c1-13(8-21(23)22-2)16-10-17-18(12-26-20(17)11-19(16)25-4)14-6-5-7-15(9-14)24-3/h5-12H,1-4H3,(H,22,23)/b13-8+. The van der Waals surface area contributed by atoms with Crippen LogP contribution in [0.3, 0.4) is 0 Å². The zero-order valence-corrected chi connectivity index (χ0v) is 15.3. The highest BCUT2D eigenvalue weighted by Gasteiger charge is 2.15. The predicted octanol–water partition coefficient (Wildman–Crippen LogP) is 4.27. The highest BCUT2D eigenvalue weighted by molar-refractivity contribution is 6.00. The van der Waals surface area contributed by atoms with Crippen LogP contribution in [0.4, 0.5) is 0 Å². The van der Waals surface area contributed by atoms with Gasteiger partial charge in [-0.15, -0.1) is 0 Å². The van der Waals surface area contributed by atoms with Crippen molar-refractivity contribution in [1.82, 2.24) is 5.32 Å². The molecular weight excluding hydrogens is 330 g/mol. The number of benzene rings is 2. The van der Waals surface area contributed by atoms with Crippen molar-refractivity contribution in [2.24, 2.45) is 0 Å². The summed E-state index contributed by atoms with van der Waals surface area (Å²) in [6.45, 7) is 1.88. The largest absolute Gasteiger partial charge is 0.497 e. The lowest BCUT2D eigenvalue weighted by atomic mass is 9.99. The van der Waals surface area contributed by atoms with Crippen LogP contribution in [0.1, 0.15) is 12.5 Å². The van der Waals surface area contributed by atoms with E-state index in [1.165, 1.54) is 0 Å². The van der Waals surface area contributed by atoms with Crippen LogP contribution in [0.2, 0.25) is 0 Å². The van der Waals surface area contributed by atoms with E-state index in [9.17, 15) is 4.79 Å². The number of carbonyl (C=O) groups is 1. The first-order valence-electron chi connectivity index (χ1n) is 8.21. The summed E-state index contributed by atoms with van der Waals surface area (Å²) in [6, 6.07) is 11.6. The number of furan rings is 1. The smallest absolute Gasteiger partial charge is 0.244 e. The average molecular weight is 351 g/mol. The lowest BCUT2D eigenvalue weighted by Crippen LogP contribution is -2.14. The number of fused-ring (bicyclic) bond motifs is 1. The Morgan fingerprint density at radius 2 is 1.96 bits per heavy atom. The van der Waals surface area contributed by atoms with E-state index >= 15 is 0 Å². The van der Waals surface area contributed by atoms with Crippen LogP contribution in [-0.4, -0.2) is 27.2 Å². The molecule has 0 radical (unpaired) electrons. The van der Waals surface area contributed by atoms with Gasteiger partial charge in [-0.2, -0.15) is 0 Å². The maximum Gasteiger partial charge on any atom is 0.244 e. The van der Waals surface area contributed by atoms with Gasteiger partial charge in [0.1, 0.15) is 17.1 Å². The van der Waals surface area contributed by atoms with Crippen LogP contribution >= 0.6 is 0 Å². The predicted molar refractivity (Wildman–Crippen MR) is 102 cm³/mol. The average Bonchev–Trinajstić information content (AvgIpc) is 3.09. The monoisotopic (exact) mass is 351 g/mol. The molecule has 3 aromatic rings. The Balaban J connectivity index is 2.18. The van der Waals surface area contributed by atoms with Crippen molar-refractivity contribution in [2.75, 3.05) is 21.3 Å². The summed E-state index contributed by atoms with van der Waals surface area (Å²) < 4.78 is 16.5. The van der Waals surface area contributed by atoms with E-state index in [-0.39, 0.29) is 5.91 Å². The van der Waals surface area contributed by atoms with E-state index in [1.807, 2.05) is 43.3 Å². The Bertz CT molecular complexity index is 985. The minimum atomic E-state index is -0.162. The Kier molecular flexibility index (Phi) is 4.98. The van der Waals surface area contributed by atoms with Gasteiger partial charge in [0.25, 0.3) is 0 Å². The first-order valence-corrected chi connectivity index (χ1v) is 8.21. The molecule has 1 amide bonds. The molecule has 1 aromatic heterocycles. The topological polar surface area (TPSA) is 60.7 Å². The fourth-order valence-corrected chi connectivity index (χ4v) is 2.89. The first-order chi connectivity index (χ1) is 12.6. The zero-order chi connectivity index (χ0) is 18.7. The van der Waals surface area contributed by atoms with Crippen molar-refractivity contribution < 1.29 is 18.7 Å². The van der Waals surface area contributed by atoms with Gasteiger partial charge in [0.15, 0.2) is 0 Å². The third-order valence-electron chi connectivity index (χ3n) is 4.30. The Labute approximate surface area is 152 Å². The van der Waals surface area contributed by atoms with Crippen molar-refractivity contribution in [3.63, 3.8) is 0 Å². The molecule has 0 aliphatic heterocycles. The molecule has 0 saturated carbocycles. The number of allylic oxidation sites excluding steroid dienone is 1. The maximum absolute atomic E-state index is 11.7. The second-order valence-corrected chi connectivity index (χ2v) is 5.87. The van der Waals surface area contributed by atoms with Gasteiger partial charge in [-0.25, -0.2) is 0 Å². The van der Waals surface area contributed by atoms with Crippen molar-refractivity contribution in [3.05, 3.63) is 54.3 Å². The molecule has 0 bridgehead atoms. The van der Waals surface area contributed by atoms with Gasteiger partial charge in [0, 0.05) is 35.7 Å². The number of carbonyl (C=O) groups excluding carboxylic acids is 1. The Hall–Kier alpha value is -3.21. The van der Waals surface area contributed by atoms with Crippen LogP contribution in [0, 0.1) is 0 Å². The molecule has 2 aromatic carbocycles. The van der Waals surface area contributed by atoms with Crippen molar-refractivity contribution in [2.45, 2.75) is 6.92 Å². The van der Waals surface area contributed by atoms with Gasteiger partial charge in [-0.3, -0.25) is 4.79 Å². The molecule has 0 fully saturated rings. The van der Waals surface area contributed by atoms with Gasteiger partial charge in [0.2, 0.25) is 5.91 Å². The normalized spacial score (nSPS) is 11.5. The van der Waals surface area contributed by atoms with Gasteiger partial charge < -0.3 is 19.2 Å². The molecule has 0 aliphatic rings. The van der Waals surface area contributed by atoms with Gasteiger partial charge in [-0.1, -0.05) is 12.1 Å². The summed E-state index contributed by atoms with van der Waals surface area (Å²) in [5, 5.41) is 3.54. The molecule has 0 aliphatic carbocycles. The third kappa shape index (κ3) is 3.28. The summed E-state index contributed by atoms with van der Waals surface area (Å²) in [5.41, 5.74) is 4.31. The Morgan fingerprint density at radius 3 is 2.65 bits per heavy atom. The second-order valence-electron chi connectivity index (χ2n) is 5.87. The molecule has 0 saturated heterocycles. The molecule has 3 rings (SSSR count). The highest BCUT2D eigenvalue weighted by Crippen LogP contribution is 2.38. The summed E-state index contributed by atoms with van der Waals surface area (Å²) >= 11 is 0. The second kappa shape index (κ2) is 7.35. The summed E-state index contributed by atoms with van der Waals surface area (Å²) in [6.07, 6.45) is 3.27. The van der Waals surface area contributed by atoms with E-state index in [0.29, 0.717) is 5.75 Å². The number of ether oxygens (including phenoxy) is 2. The van der Waals surface area contributed by atoms with Crippen molar-refractivity contribution in [3.8, 4) is 22.6 Å². The molecular formula is C21H21NO4. The molecule has 0 atom stereocenters. The summed E-state index contributed by atoms with van der Waals surface area (Å²) in [4.78, 5) is 11.7. The van der Waals surface area contributed by atoms with Crippen LogP contribution in [0.15, 0.2) is 53.2 Å². The molecule has 26 heavy (non-hydrogen) atoms. The summed E-state index contributed by atoms with van der Waals surface area (Å²) in [7, 11) is 4.84. The Morgan fingerprint density at radius 1 is 1.15 bits per heavy atom. The minimum absolute atomic E-state index is 0.162. The number of likely N-dealkylation sites (N-methyl/N-ethyl adjacent to an activating group) is 1. The molecule has 0 unspecified atom stereocenters. The highest BCUT2D eigenvalue weighted by atomic mass is 16.5. The lowest BCUT2D eigenvalue weighted by molar-refractivity contribution is -0.116. The van der Waals surface area contributed by atoms with Crippen molar-refractivity contribution >= 4 is 22.4 Å². The lowest BCUT2D eigenvalue weighted by Gasteiger charge is -2.10. The van der Waals surface area contributed by atoms with E-state index in [0.717, 1.165) is 39.0 Å². The molecule has 1 N–H and O–H groups in total. The number of rotatable bonds is 5. The van der Waals surface area contributed by atoms with E-state index in [4.69, 9.17) is 13.9 Å². The molecule has 5 nitrogen and oxygen atoms in total. The van der Waals surface area contributed by atoms with Gasteiger partial charge in [-0.05, 0) is 36.3 Å². The van der Waals surface area contributed by atoms with Crippen LogP contribution in [0.25, 0.3) is 27.7 Å². The van der Waals surface area contributed by atoms with Crippen LogP contribution in [0.5, 0.6) is 11.5 Å². The molecule has 1 heterocycles. The number of nitrogens with one attached hydrogen (secondary N) is 1. The van der Waals surface area contributed by atoms with E-state index < -0.39 is 0 Å². The van der Waals surface area contributed by atoms with E-state index in [2.05, 4.69) is 5.32 Å². The fraction of sp³-hybridized carbons (Fsp3) is 0.190. The quantitative estimate of drug-likeness (QED) is 0.698.